The number of nitrogens with one attached hydrogen (secondary N) is 3. The SMILES string of the molecule is O=C1CCCCN1CCCNc1nc(Nc2cc3c(cc2Cl)CNCC3)ncc1C(F)(F)F. The largest absolute Gasteiger partial charge is 0.421 e. The molecule has 2 aliphatic rings. The molecule has 0 saturated carbocycles. The molecule has 0 spiro atoms. The maximum absolute atomic E-state index is 13.5. The van der Waals surface area contributed by atoms with Crippen LogP contribution in [0.2, 0.25) is 5.02 Å². The number of piperidine rings is 1. The molecule has 0 aliphatic carbocycles. The van der Waals surface area contributed by atoms with Crippen molar-refractivity contribution in [1.82, 2.24) is 20.2 Å². The summed E-state index contributed by atoms with van der Waals surface area (Å²) in [6.07, 6.45) is -0.0943. The van der Waals surface area contributed by atoms with Gasteiger partial charge in [0.15, 0.2) is 0 Å². The van der Waals surface area contributed by atoms with Crippen molar-refractivity contribution in [1.29, 1.82) is 0 Å². The van der Waals surface area contributed by atoms with Crippen LogP contribution >= 0.6 is 11.6 Å². The number of likely N-dealkylation sites (tertiary alicyclic amines) is 1. The number of hydrogen-bond donors (Lipinski definition) is 3. The van der Waals surface area contributed by atoms with E-state index in [-0.39, 0.29) is 24.2 Å². The van der Waals surface area contributed by atoms with Gasteiger partial charge in [-0.1, -0.05) is 11.6 Å². The van der Waals surface area contributed by atoms with Crippen molar-refractivity contribution in [3.05, 3.63) is 40.0 Å². The smallest absolute Gasteiger partial charge is 0.369 e. The van der Waals surface area contributed by atoms with E-state index in [1.54, 1.807) is 4.90 Å². The number of nitrogens with zero attached hydrogens (tertiary/aromatic N) is 3. The standard InChI is InChI=1S/C22H26ClF3N6O/c23-17-10-15-12-27-7-5-14(15)11-18(17)30-21-29-13-16(22(24,25)26)20(31-21)28-6-3-9-32-8-2-1-4-19(32)33/h10-11,13,27H,1-9,12H2,(H2,28,29,30,31). The number of amides is 1. The highest BCUT2D eigenvalue weighted by molar-refractivity contribution is 6.33. The third-order valence-electron chi connectivity index (χ3n) is 5.84. The number of halogens is 4. The Morgan fingerprint density at radius 1 is 1.18 bits per heavy atom. The summed E-state index contributed by atoms with van der Waals surface area (Å²) in [6, 6.07) is 3.73. The van der Waals surface area contributed by atoms with Crippen LogP contribution in [0.25, 0.3) is 0 Å². The highest BCUT2D eigenvalue weighted by atomic mass is 35.5. The highest BCUT2D eigenvalue weighted by Gasteiger charge is 2.35. The van der Waals surface area contributed by atoms with Gasteiger partial charge >= 0.3 is 6.18 Å². The van der Waals surface area contributed by atoms with Crippen LogP contribution in [0.5, 0.6) is 0 Å². The number of carbonyl (C=O) groups is 1. The minimum Gasteiger partial charge on any atom is -0.369 e. The fourth-order valence-electron chi connectivity index (χ4n) is 4.08. The third-order valence-corrected chi connectivity index (χ3v) is 6.15. The van der Waals surface area contributed by atoms with Crippen molar-refractivity contribution in [2.24, 2.45) is 0 Å². The number of benzene rings is 1. The topological polar surface area (TPSA) is 82.2 Å². The molecule has 1 aromatic carbocycles. The van der Waals surface area contributed by atoms with Gasteiger partial charge in [0, 0.05) is 38.8 Å². The van der Waals surface area contributed by atoms with Crippen LogP contribution in [-0.2, 0) is 23.9 Å². The fourth-order valence-corrected chi connectivity index (χ4v) is 4.31. The van der Waals surface area contributed by atoms with Gasteiger partial charge in [0.1, 0.15) is 11.4 Å². The average Bonchev–Trinajstić information content (AvgIpc) is 2.78. The second-order valence-corrected chi connectivity index (χ2v) is 8.63. The molecule has 4 rings (SSSR count). The first kappa shape index (κ1) is 23.6. The Hall–Kier alpha value is -2.59. The maximum atomic E-state index is 13.5. The van der Waals surface area contributed by atoms with E-state index in [9.17, 15) is 18.0 Å². The van der Waals surface area contributed by atoms with Crippen molar-refractivity contribution in [3.8, 4) is 0 Å². The van der Waals surface area contributed by atoms with Crippen molar-refractivity contribution >= 4 is 35.0 Å². The highest BCUT2D eigenvalue weighted by Crippen LogP contribution is 2.35. The molecule has 0 atom stereocenters. The molecule has 1 saturated heterocycles. The van der Waals surface area contributed by atoms with E-state index < -0.39 is 11.7 Å². The zero-order chi connectivity index (χ0) is 23.4. The predicted molar refractivity (Wildman–Crippen MR) is 121 cm³/mol. The van der Waals surface area contributed by atoms with Gasteiger partial charge in [-0.25, -0.2) is 4.98 Å². The van der Waals surface area contributed by atoms with Gasteiger partial charge < -0.3 is 20.9 Å². The van der Waals surface area contributed by atoms with E-state index in [2.05, 4.69) is 25.9 Å². The Bertz CT molecular complexity index is 1020. The molecule has 2 aromatic rings. The van der Waals surface area contributed by atoms with Crippen LogP contribution in [0, 0.1) is 0 Å². The second kappa shape index (κ2) is 10.1. The number of alkyl halides is 3. The molecule has 0 radical (unpaired) electrons. The lowest BCUT2D eigenvalue weighted by Gasteiger charge is -2.26. The monoisotopic (exact) mass is 482 g/mol. The quantitative estimate of drug-likeness (QED) is 0.509. The van der Waals surface area contributed by atoms with Gasteiger partial charge in [-0.3, -0.25) is 4.79 Å². The maximum Gasteiger partial charge on any atom is 0.421 e. The first-order chi connectivity index (χ1) is 15.8. The van der Waals surface area contributed by atoms with Gasteiger partial charge in [-0.2, -0.15) is 18.2 Å². The van der Waals surface area contributed by atoms with E-state index >= 15 is 0 Å². The van der Waals surface area contributed by atoms with Crippen LogP contribution in [0.1, 0.15) is 42.4 Å². The fraction of sp³-hybridized carbons (Fsp3) is 0.500. The van der Waals surface area contributed by atoms with Crippen molar-refractivity contribution in [2.75, 3.05) is 36.8 Å². The number of anilines is 3. The summed E-state index contributed by atoms with van der Waals surface area (Å²) in [5.41, 5.74) is 1.83. The van der Waals surface area contributed by atoms with E-state index in [4.69, 9.17) is 11.6 Å². The summed E-state index contributed by atoms with van der Waals surface area (Å²) >= 11 is 6.37. The normalized spacial score (nSPS) is 16.5. The van der Waals surface area contributed by atoms with Crippen molar-refractivity contribution in [3.63, 3.8) is 0 Å². The molecule has 0 unspecified atom stereocenters. The Morgan fingerprint density at radius 2 is 2.03 bits per heavy atom. The van der Waals surface area contributed by atoms with Gasteiger partial charge in [0.25, 0.3) is 0 Å². The van der Waals surface area contributed by atoms with Crippen LogP contribution in [-0.4, -0.2) is 47.0 Å². The minimum absolute atomic E-state index is 0.0208. The summed E-state index contributed by atoms with van der Waals surface area (Å²) in [7, 11) is 0. The van der Waals surface area contributed by atoms with E-state index in [0.29, 0.717) is 36.6 Å². The number of rotatable bonds is 7. The summed E-state index contributed by atoms with van der Waals surface area (Å²) in [5.74, 6) is -0.181. The van der Waals surface area contributed by atoms with Crippen LogP contribution in [0.4, 0.5) is 30.6 Å². The van der Waals surface area contributed by atoms with E-state index in [1.807, 2.05) is 12.1 Å². The molecule has 3 heterocycles. The lowest BCUT2D eigenvalue weighted by Crippen LogP contribution is -2.36. The zero-order valence-corrected chi connectivity index (χ0v) is 18.8. The molecular weight excluding hydrogens is 457 g/mol. The van der Waals surface area contributed by atoms with Crippen LogP contribution < -0.4 is 16.0 Å². The second-order valence-electron chi connectivity index (χ2n) is 8.22. The Balaban J connectivity index is 1.46. The summed E-state index contributed by atoms with van der Waals surface area (Å²) < 4.78 is 40.5. The Kier molecular flexibility index (Phi) is 7.23. The summed E-state index contributed by atoms with van der Waals surface area (Å²) in [4.78, 5) is 21.6. The molecule has 178 valence electrons. The van der Waals surface area contributed by atoms with Gasteiger partial charge in [-0.05, 0) is 55.5 Å². The first-order valence-corrected chi connectivity index (χ1v) is 11.4. The Morgan fingerprint density at radius 3 is 2.82 bits per heavy atom. The van der Waals surface area contributed by atoms with Gasteiger partial charge in [0.05, 0.1) is 10.7 Å². The molecule has 7 nitrogen and oxygen atoms in total. The summed E-state index contributed by atoms with van der Waals surface area (Å²) in [6.45, 7) is 3.02. The van der Waals surface area contributed by atoms with Crippen LogP contribution in [0.15, 0.2) is 18.3 Å². The number of fused-ring (bicyclic) bond motifs is 1. The predicted octanol–water partition coefficient (Wildman–Crippen LogP) is 4.35. The van der Waals surface area contributed by atoms with E-state index in [1.165, 1.54) is 0 Å². The van der Waals surface area contributed by atoms with Gasteiger partial charge in [-0.15, -0.1) is 0 Å². The zero-order valence-electron chi connectivity index (χ0n) is 18.1. The van der Waals surface area contributed by atoms with Crippen molar-refractivity contribution < 1.29 is 18.0 Å². The third kappa shape index (κ3) is 5.86. The van der Waals surface area contributed by atoms with Crippen LogP contribution in [0.3, 0.4) is 0 Å². The number of aromatic nitrogens is 2. The van der Waals surface area contributed by atoms with Gasteiger partial charge in [0.2, 0.25) is 11.9 Å². The molecule has 11 heteroatoms. The molecule has 1 amide bonds. The number of hydrogen-bond acceptors (Lipinski definition) is 6. The number of carbonyl (C=O) groups excluding carboxylic acids is 1. The molecule has 0 bridgehead atoms. The average molecular weight is 483 g/mol. The molecule has 3 N–H and O–H groups in total. The summed E-state index contributed by atoms with van der Waals surface area (Å²) in [5, 5.41) is 9.45. The lowest BCUT2D eigenvalue weighted by atomic mass is 10.0. The van der Waals surface area contributed by atoms with Crippen molar-refractivity contribution in [2.45, 2.75) is 44.8 Å². The molecule has 2 aliphatic heterocycles. The Labute approximate surface area is 195 Å². The minimum atomic E-state index is -4.60. The molecule has 1 fully saturated rings. The lowest BCUT2D eigenvalue weighted by molar-refractivity contribution is -0.137. The molecule has 33 heavy (non-hydrogen) atoms. The molecular formula is C22H26ClF3N6O. The molecule has 1 aromatic heterocycles. The van der Waals surface area contributed by atoms with E-state index in [0.717, 1.165) is 49.7 Å². The first-order valence-electron chi connectivity index (χ1n) is 11.1.